The molecule has 1 amide bonds. The van der Waals surface area contributed by atoms with Gasteiger partial charge in [0.2, 0.25) is 5.91 Å². The van der Waals surface area contributed by atoms with Gasteiger partial charge in [0.1, 0.15) is 11.9 Å². The van der Waals surface area contributed by atoms with E-state index in [2.05, 4.69) is 6.07 Å². The van der Waals surface area contributed by atoms with Crippen molar-refractivity contribution in [3.63, 3.8) is 0 Å². The molecule has 5 heteroatoms. The van der Waals surface area contributed by atoms with Gasteiger partial charge in [-0.3, -0.25) is 4.79 Å². The van der Waals surface area contributed by atoms with E-state index in [4.69, 9.17) is 0 Å². The Morgan fingerprint density at radius 2 is 1.67 bits per heavy atom. The van der Waals surface area contributed by atoms with Crippen molar-refractivity contribution < 1.29 is 14.3 Å². The average Bonchev–Trinajstić information content (AvgIpc) is 2.75. The summed E-state index contributed by atoms with van der Waals surface area (Å²) in [6.45, 7) is -0.224. The number of nitriles is 1. The highest BCUT2D eigenvalue weighted by Gasteiger charge is 2.51. The van der Waals surface area contributed by atoms with Gasteiger partial charge in [0.25, 0.3) is 0 Å². The number of amides is 1. The Balaban J connectivity index is 1.55. The number of rotatable bonds is 5. The molecule has 1 N–H and O–H groups in total. The average molecular weight is 400 g/mol. The fourth-order valence-electron chi connectivity index (χ4n) is 4.19. The molecule has 0 spiro atoms. The molecule has 3 aromatic carbocycles. The van der Waals surface area contributed by atoms with E-state index >= 15 is 0 Å². The smallest absolute Gasteiger partial charge is 0.228 e. The van der Waals surface area contributed by atoms with Gasteiger partial charge in [-0.15, -0.1) is 0 Å². The van der Waals surface area contributed by atoms with Gasteiger partial charge in [-0.2, -0.15) is 5.26 Å². The number of halogens is 1. The first-order valence-electron chi connectivity index (χ1n) is 9.84. The number of aliphatic hydroxyl groups is 1. The van der Waals surface area contributed by atoms with Gasteiger partial charge in [-0.05, 0) is 22.8 Å². The summed E-state index contributed by atoms with van der Waals surface area (Å²) in [5.74, 6) is -0.755. The number of nitrogens with zero attached hydrogens (tertiary/aromatic N) is 2. The zero-order chi connectivity index (χ0) is 21.1. The number of aliphatic hydroxyl groups excluding tert-OH is 1. The van der Waals surface area contributed by atoms with Crippen molar-refractivity contribution in [2.24, 2.45) is 0 Å². The largest absolute Gasteiger partial charge is 0.394 e. The van der Waals surface area contributed by atoms with Crippen LogP contribution in [0.4, 0.5) is 4.39 Å². The van der Waals surface area contributed by atoms with E-state index in [9.17, 15) is 19.6 Å². The molecule has 0 radical (unpaired) electrons. The van der Waals surface area contributed by atoms with Crippen molar-refractivity contribution in [2.45, 2.75) is 24.4 Å². The second-order valence-corrected chi connectivity index (χ2v) is 7.41. The zero-order valence-electron chi connectivity index (χ0n) is 16.3. The van der Waals surface area contributed by atoms with Crippen molar-refractivity contribution in [1.29, 1.82) is 5.26 Å². The van der Waals surface area contributed by atoms with Gasteiger partial charge < -0.3 is 10.0 Å². The Morgan fingerprint density at radius 1 is 1.00 bits per heavy atom. The van der Waals surface area contributed by atoms with Crippen molar-refractivity contribution in [2.75, 3.05) is 6.61 Å². The molecule has 1 heterocycles. The molecule has 1 saturated heterocycles. The van der Waals surface area contributed by atoms with Crippen LogP contribution in [0.1, 0.15) is 17.0 Å². The molecule has 3 atom stereocenters. The fraction of sp³-hybridized carbons (Fsp3) is 0.200. The van der Waals surface area contributed by atoms with E-state index in [1.54, 1.807) is 18.2 Å². The SMILES string of the molecule is N#C[C@@H]1[C@@H](c2ccc(-c3ccccc3F)cc2)[C@H](CO)N1C(=O)Cc1ccccc1. The summed E-state index contributed by atoms with van der Waals surface area (Å²) < 4.78 is 14.0. The standard InChI is InChI=1S/C25H21FN2O2/c26-21-9-5-4-8-20(21)18-10-12-19(13-11-18)25-22(15-27)28(23(25)16-29)24(30)14-17-6-2-1-3-7-17/h1-13,22-23,25,29H,14,16H2/t22-,23+,25-/m1/s1. The molecule has 1 aliphatic rings. The van der Waals surface area contributed by atoms with E-state index < -0.39 is 12.1 Å². The predicted molar refractivity (Wildman–Crippen MR) is 112 cm³/mol. The Bertz CT molecular complexity index is 1080. The van der Waals surface area contributed by atoms with Crippen molar-refractivity contribution in [3.8, 4) is 17.2 Å². The highest BCUT2D eigenvalue weighted by molar-refractivity contribution is 5.81. The van der Waals surface area contributed by atoms with Crippen LogP contribution in [0.3, 0.4) is 0 Å². The lowest BCUT2D eigenvalue weighted by atomic mass is 9.75. The molecule has 0 aromatic heterocycles. The molecule has 4 rings (SSSR count). The number of carbonyl (C=O) groups is 1. The molecule has 0 bridgehead atoms. The monoisotopic (exact) mass is 400 g/mol. The minimum atomic E-state index is -0.641. The molecule has 1 aliphatic heterocycles. The summed E-state index contributed by atoms with van der Waals surface area (Å²) in [4.78, 5) is 14.3. The van der Waals surface area contributed by atoms with Gasteiger partial charge in [-0.1, -0.05) is 72.8 Å². The summed E-state index contributed by atoms with van der Waals surface area (Å²) in [6, 6.07) is 24.3. The minimum Gasteiger partial charge on any atom is -0.394 e. The lowest BCUT2D eigenvalue weighted by Gasteiger charge is -2.51. The number of benzene rings is 3. The lowest BCUT2D eigenvalue weighted by Crippen LogP contribution is -2.65. The third-order valence-corrected chi connectivity index (χ3v) is 5.70. The number of hydrogen-bond donors (Lipinski definition) is 1. The molecule has 0 saturated carbocycles. The van der Waals surface area contributed by atoms with Crippen LogP contribution in [0.25, 0.3) is 11.1 Å². The van der Waals surface area contributed by atoms with Gasteiger partial charge in [0.05, 0.1) is 25.1 Å². The maximum atomic E-state index is 14.0. The van der Waals surface area contributed by atoms with E-state index in [0.29, 0.717) is 5.56 Å². The first kappa shape index (κ1) is 19.8. The summed E-state index contributed by atoms with van der Waals surface area (Å²) in [7, 11) is 0. The maximum absolute atomic E-state index is 14.0. The highest BCUT2D eigenvalue weighted by atomic mass is 19.1. The molecule has 0 aliphatic carbocycles. The van der Waals surface area contributed by atoms with Gasteiger partial charge in [-0.25, -0.2) is 4.39 Å². The van der Waals surface area contributed by atoms with Crippen molar-refractivity contribution in [1.82, 2.24) is 4.90 Å². The molecule has 30 heavy (non-hydrogen) atoms. The lowest BCUT2D eigenvalue weighted by molar-refractivity contribution is -0.146. The minimum absolute atomic E-state index is 0.175. The van der Waals surface area contributed by atoms with Crippen LogP contribution in [-0.2, 0) is 11.2 Å². The van der Waals surface area contributed by atoms with Crippen LogP contribution in [0, 0.1) is 17.1 Å². The Morgan fingerprint density at radius 3 is 2.30 bits per heavy atom. The van der Waals surface area contributed by atoms with E-state index in [-0.39, 0.29) is 30.7 Å². The second-order valence-electron chi connectivity index (χ2n) is 7.41. The summed E-state index contributed by atoms with van der Waals surface area (Å²) >= 11 is 0. The Labute approximate surface area is 174 Å². The molecule has 3 aromatic rings. The summed E-state index contributed by atoms with van der Waals surface area (Å²) in [5.41, 5.74) is 2.97. The van der Waals surface area contributed by atoms with Crippen molar-refractivity contribution in [3.05, 3.63) is 95.8 Å². The third kappa shape index (κ3) is 3.58. The molecule has 1 fully saturated rings. The number of likely N-dealkylation sites (tertiary alicyclic amines) is 1. The van der Waals surface area contributed by atoms with Crippen LogP contribution < -0.4 is 0 Å². The van der Waals surface area contributed by atoms with Gasteiger partial charge >= 0.3 is 0 Å². The van der Waals surface area contributed by atoms with E-state index in [1.165, 1.54) is 11.0 Å². The van der Waals surface area contributed by atoms with E-state index in [0.717, 1.165) is 16.7 Å². The van der Waals surface area contributed by atoms with Crippen LogP contribution in [0.5, 0.6) is 0 Å². The van der Waals surface area contributed by atoms with Crippen LogP contribution in [-0.4, -0.2) is 34.6 Å². The highest BCUT2D eigenvalue weighted by Crippen LogP contribution is 2.41. The Hall–Kier alpha value is -3.49. The maximum Gasteiger partial charge on any atom is 0.228 e. The van der Waals surface area contributed by atoms with Crippen molar-refractivity contribution >= 4 is 5.91 Å². The quantitative estimate of drug-likeness (QED) is 0.706. The topological polar surface area (TPSA) is 64.3 Å². The predicted octanol–water partition coefficient (Wildman–Crippen LogP) is 3.91. The summed E-state index contributed by atoms with van der Waals surface area (Å²) in [6.07, 6.45) is 0.189. The van der Waals surface area contributed by atoms with Gasteiger partial charge in [0.15, 0.2) is 0 Å². The number of hydrogen-bond acceptors (Lipinski definition) is 3. The molecule has 150 valence electrons. The van der Waals surface area contributed by atoms with Crippen LogP contribution in [0.2, 0.25) is 0 Å². The Kier molecular flexibility index (Phi) is 5.60. The third-order valence-electron chi connectivity index (χ3n) is 5.70. The summed E-state index contributed by atoms with van der Waals surface area (Å²) in [5, 5.41) is 19.6. The zero-order valence-corrected chi connectivity index (χ0v) is 16.3. The first-order chi connectivity index (χ1) is 14.6. The second kappa shape index (κ2) is 8.48. The molecular formula is C25H21FN2O2. The van der Waals surface area contributed by atoms with Crippen LogP contribution in [0.15, 0.2) is 78.9 Å². The van der Waals surface area contributed by atoms with E-state index in [1.807, 2.05) is 54.6 Å². The normalized spacial score (nSPS) is 20.3. The first-order valence-corrected chi connectivity index (χ1v) is 9.84. The molecule has 0 unspecified atom stereocenters. The molecular weight excluding hydrogens is 379 g/mol. The molecule has 4 nitrogen and oxygen atoms in total. The number of carbonyl (C=O) groups excluding carboxylic acids is 1. The van der Waals surface area contributed by atoms with Gasteiger partial charge in [0, 0.05) is 11.5 Å². The fourth-order valence-corrected chi connectivity index (χ4v) is 4.19. The van der Waals surface area contributed by atoms with Crippen LogP contribution >= 0.6 is 0 Å².